The van der Waals surface area contributed by atoms with Gasteiger partial charge < -0.3 is 9.80 Å². The largest absolute Gasteiger partial charge is 0.322 e. The summed E-state index contributed by atoms with van der Waals surface area (Å²) < 4.78 is 0. The van der Waals surface area contributed by atoms with Crippen LogP contribution in [-0.2, 0) is 4.79 Å². The number of carbonyl (C=O) groups excluding carboxylic acids is 1. The Hall–Kier alpha value is -0.610. The van der Waals surface area contributed by atoms with Crippen LogP contribution in [0.15, 0.2) is 0 Å². The second-order valence-corrected chi connectivity index (χ2v) is 7.40. The number of amides is 1. The van der Waals surface area contributed by atoms with Crippen LogP contribution in [0.2, 0.25) is 0 Å². The molecule has 0 saturated carbocycles. The predicted octanol–water partition coefficient (Wildman–Crippen LogP) is 2.30. The van der Waals surface area contributed by atoms with Crippen molar-refractivity contribution in [1.29, 1.82) is 0 Å². The lowest BCUT2D eigenvalue weighted by atomic mass is 9.99. The van der Waals surface area contributed by atoms with E-state index in [1.807, 2.05) is 0 Å². The molecule has 0 bridgehead atoms. The number of piperidine rings is 1. The fraction of sp³-hybridized carbons (Fsp3) is 0.941. The molecule has 4 heteroatoms. The summed E-state index contributed by atoms with van der Waals surface area (Å²) in [4.78, 5) is 17.5. The summed E-state index contributed by atoms with van der Waals surface area (Å²) in [5.74, 6) is 1.16. The molecule has 2 saturated heterocycles. The van der Waals surface area contributed by atoms with E-state index in [1.54, 1.807) is 0 Å². The van der Waals surface area contributed by atoms with Crippen molar-refractivity contribution in [3.63, 3.8) is 0 Å². The summed E-state index contributed by atoms with van der Waals surface area (Å²) in [7, 11) is 0. The molecule has 1 N–H and O–H groups in total. The van der Waals surface area contributed by atoms with Gasteiger partial charge >= 0.3 is 0 Å². The van der Waals surface area contributed by atoms with Crippen molar-refractivity contribution in [3.8, 4) is 0 Å². The lowest BCUT2D eigenvalue weighted by Gasteiger charge is -2.40. The van der Waals surface area contributed by atoms with Gasteiger partial charge in [0.2, 0.25) is 5.91 Å². The smallest absolute Gasteiger partial charge is 0.241 e. The van der Waals surface area contributed by atoms with E-state index < -0.39 is 0 Å². The fourth-order valence-electron chi connectivity index (χ4n) is 3.77. The highest BCUT2D eigenvalue weighted by Crippen LogP contribution is 2.28. The minimum absolute atomic E-state index is 0.00562. The number of hydrogen-bond acceptors (Lipinski definition) is 3. The van der Waals surface area contributed by atoms with Crippen molar-refractivity contribution in [3.05, 3.63) is 0 Å². The third kappa shape index (κ3) is 3.59. The average Bonchev–Trinajstić information content (AvgIpc) is 2.78. The molecule has 0 aromatic carbocycles. The molecule has 2 unspecified atom stereocenters. The molecule has 0 spiro atoms. The summed E-state index contributed by atoms with van der Waals surface area (Å²) in [5.41, 5.74) is 0. The fourth-order valence-corrected chi connectivity index (χ4v) is 3.77. The van der Waals surface area contributed by atoms with Crippen molar-refractivity contribution in [2.45, 2.75) is 72.1 Å². The van der Waals surface area contributed by atoms with Gasteiger partial charge in [-0.1, -0.05) is 34.6 Å². The summed E-state index contributed by atoms with van der Waals surface area (Å²) in [6, 6.07) is 0.431. The van der Waals surface area contributed by atoms with E-state index in [2.05, 4.69) is 49.7 Å². The van der Waals surface area contributed by atoms with E-state index in [0.717, 1.165) is 25.9 Å². The normalized spacial score (nSPS) is 29.1. The zero-order valence-corrected chi connectivity index (χ0v) is 14.4. The van der Waals surface area contributed by atoms with E-state index in [9.17, 15) is 4.79 Å². The monoisotopic (exact) mass is 295 g/mol. The topological polar surface area (TPSA) is 35.6 Å². The van der Waals surface area contributed by atoms with E-state index in [0.29, 0.717) is 23.8 Å². The summed E-state index contributed by atoms with van der Waals surface area (Å²) >= 11 is 0. The maximum atomic E-state index is 12.8. The maximum Gasteiger partial charge on any atom is 0.241 e. The Bertz CT molecular complexity index is 348. The SMILES string of the molecule is CCCN1CCC(N2C(=O)C(C(C)C)NC2C(C)C)CC1. The molecular weight excluding hydrogens is 262 g/mol. The number of nitrogens with one attached hydrogen (secondary N) is 1. The third-order valence-corrected chi connectivity index (χ3v) is 4.96. The average molecular weight is 295 g/mol. The van der Waals surface area contributed by atoms with Crippen molar-refractivity contribution < 1.29 is 4.79 Å². The number of rotatable bonds is 5. The molecule has 1 amide bonds. The Labute approximate surface area is 130 Å². The minimum atomic E-state index is 0.00562. The van der Waals surface area contributed by atoms with Crippen LogP contribution >= 0.6 is 0 Å². The molecule has 2 rings (SSSR count). The Kier molecular flexibility index (Phi) is 5.67. The molecule has 2 fully saturated rings. The van der Waals surface area contributed by atoms with Crippen LogP contribution in [0.25, 0.3) is 0 Å². The summed E-state index contributed by atoms with van der Waals surface area (Å²) in [5, 5.41) is 3.59. The first kappa shape index (κ1) is 16.8. The predicted molar refractivity (Wildman–Crippen MR) is 87.0 cm³/mol. The van der Waals surface area contributed by atoms with Gasteiger partial charge in [-0.05, 0) is 37.6 Å². The molecule has 21 heavy (non-hydrogen) atoms. The lowest BCUT2D eigenvalue weighted by molar-refractivity contribution is -0.134. The molecule has 0 aromatic heterocycles. The molecule has 2 aliphatic rings. The number of carbonyl (C=O) groups is 1. The van der Waals surface area contributed by atoms with Gasteiger partial charge in [0.25, 0.3) is 0 Å². The van der Waals surface area contributed by atoms with Gasteiger partial charge in [0.1, 0.15) is 0 Å². The molecule has 2 heterocycles. The van der Waals surface area contributed by atoms with Crippen molar-refractivity contribution >= 4 is 5.91 Å². The summed E-state index contributed by atoms with van der Waals surface area (Å²) in [6.07, 6.45) is 3.69. The zero-order valence-electron chi connectivity index (χ0n) is 14.4. The van der Waals surface area contributed by atoms with Crippen LogP contribution in [0.5, 0.6) is 0 Å². The zero-order chi connectivity index (χ0) is 15.6. The first-order valence-corrected chi connectivity index (χ1v) is 8.76. The van der Waals surface area contributed by atoms with Crippen LogP contribution in [0.4, 0.5) is 0 Å². The van der Waals surface area contributed by atoms with Crippen molar-refractivity contribution in [2.75, 3.05) is 19.6 Å². The van der Waals surface area contributed by atoms with Gasteiger partial charge in [0, 0.05) is 19.1 Å². The van der Waals surface area contributed by atoms with Gasteiger partial charge in [-0.15, -0.1) is 0 Å². The summed E-state index contributed by atoms with van der Waals surface area (Å²) in [6.45, 7) is 14.4. The molecule has 0 aromatic rings. The molecule has 122 valence electrons. The van der Waals surface area contributed by atoms with Crippen LogP contribution < -0.4 is 5.32 Å². The molecule has 0 aliphatic carbocycles. The van der Waals surface area contributed by atoms with E-state index in [-0.39, 0.29) is 12.2 Å². The van der Waals surface area contributed by atoms with Crippen molar-refractivity contribution in [2.24, 2.45) is 11.8 Å². The van der Waals surface area contributed by atoms with Crippen LogP contribution in [0, 0.1) is 11.8 Å². The van der Waals surface area contributed by atoms with Crippen LogP contribution in [0.3, 0.4) is 0 Å². The van der Waals surface area contributed by atoms with Gasteiger partial charge in [-0.3, -0.25) is 10.1 Å². The third-order valence-electron chi connectivity index (χ3n) is 4.96. The van der Waals surface area contributed by atoms with Crippen molar-refractivity contribution in [1.82, 2.24) is 15.1 Å². The van der Waals surface area contributed by atoms with Crippen LogP contribution in [-0.4, -0.2) is 53.6 Å². The van der Waals surface area contributed by atoms with Gasteiger partial charge in [-0.25, -0.2) is 0 Å². The van der Waals surface area contributed by atoms with E-state index in [4.69, 9.17) is 0 Å². The van der Waals surface area contributed by atoms with Gasteiger partial charge in [-0.2, -0.15) is 0 Å². The van der Waals surface area contributed by atoms with Gasteiger partial charge in [0.05, 0.1) is 12.2 Å². The molecule has 4 nitrogen and oxygen atoms in total. The van der Waals surface area contributed by atoms with Gasteiger partial charge in [0.15, 0.2) is 0 Å². The van der Waals surface area contributed by atoms with Crippen LogP contribution in [0.1, 0.15) is 53.9 Å². The highest BCUT2D eigenvalue weighted by molar-refractivity contribution is 5.85. The Morgan fingerprint density at radius 2 is 1.76 bits per heavy atom. The standard InChI is InChI=1S/C17H33N3O/c1-6-9-19-10-7-14(8-11-19)20-16(13(4)5)18-15(12(2)3)17(20)21/h12-16,18H,6-11H2,1-5H3. The second-order valence-electron chi connectivity index (χ2n) is 7.40. The first-order valence-electron chi connectivity index (χ1n) is 8.76. The van der Waals surface area contributed by atoms with E-state index in [1.165, 1.54) is 13.0 Å². The maximum absolute atomic E-state index is 12.8. The minimum Gasteiger partial charge on any atom is -0.322 e. The Balaban J connectivity index is 2.04. The quantitative estimate of drug-likeness (QED) is 0.845. The highest BCUT2D eigenvalue weighted by atomic mass is 16.2. The van der Waals surface area contributed by atoms with E-state index >= 15 is 0 Å². The Morgan fingerprint density at radius 1 is 1.14 bits per heavy atom. The molecular formula is C17H33N3O. The highest BCUT2D eigenvalue weighted by Gasteiger charge is 2.45. The Morgan fingerprint density at radius 3 is 2.24 bits per heavy atom. The number of likely N-dealkylation sites (tertiary alicyclic amines) is 1. The number of hydrogen-bond donors (Lipinski definition) is 1. The molecule has 0 radical (unpaired) electrons. The molecule has 2 aliphatic heterocycles. The molecule has 2 atom stereocenters. The first-order chi connectivity index (χ1) is 9.95. The second kappa shape index (κ2) is 7.10. The number of nitrogens with zero attached hydrogens (tertiary/aromatic N) is 2. The lowest BCUT2D eigenvalue weighted by Crippen LogP contribution is -2.51.